The van der Waals surface area contributed by atoms with Gasteiger partial charge in [0.05, 0.1) is 16.8 Å². The fraction of sp³-hybridized carbons (Fsp3) is 0.286. The highest BCUT2D eigenvalue weighted by molar-refractivity contribution is 7.09. The van der Waals surface area contributed by atoms with Gasteiger partial charge in [-0.3, -0.25) is 0 Å². The number of carbonyl (C=O) groups is 1. The molecule has 19 heavy (non-hydrogen) atoms. The molecule has 0 saturated carbocycles. The number of carboxylic acids is 1. The van der Waals surface area contributed by atoms with Crippen LogP contribution < -0.4 is 0 Å². The number of aryl methyl sites for hydroxylation is 2. The number of aliphatic hydroxyl groups excluding tert-OH is 1. The quantitative estimate of drug-likeness (QED) is 0.906. The Labute approximate surface area is 116 Å². The summed E-state index contributed by atoms with van der Waals surface area (Å²) >= 11 is 1.60. The van der Waals surface area contributed by atoms with Crippen LogP contribution in [0.4, 0.5) is 0 Å². The van der Waals surface area contributed by atoms with E-state index in [1.807, 2.05) is 13.8 Å². The van der Waals surface area contributed by atoms with Gasteiger partial charge in [-0.1, -0.05) is 17.7 Å². The molecule has 0 fully saturated rings. The summed E-state index contributed by atoms with van der Waals surface area (Å²) in [6, 6.07) is 6.75. The van der Waals surface area contributed by atoms with E-state index in [0.29, 0.717) is 5.56 Å². The van der Waals surface area contributed by atoms with Gasteiger partial charge in [0, 0.05) is 17.9 Å². The summed E-state index contributed by atoms with van der Waals surface area (Å²) in [7, 11) is 0. The van der Waals surface area contributed by atoms with E-state index in [4.69, 9.17) is 10.2 Å². The number of hydrogen-bond donors (Lipinski definition) is 2. The Bertz CT molecular complexity index is 520. The highest BCUT2D eigenvalue weighted by Gasteiger charge is 1.98. The van der Waals surface area contributed by atoms with E-state index < -0.39 is 5.97 Å². The molecule has 0 bridgehead atoms. The summed E-state index contributed by atoms with van der Waals surface area (Å²) in [5.74, 6) is -0.875. The number of aromatic nitrogens is 1. The van der Waals surface area contributed by atoms with Crippen LogP contribution in [0.1, 0.15) is 26.5 Å². The molecule has 0 aliphatic heterocycles. The molecule has 2 rings (SSSR count). The molecule has 0 saturated heterocycles. The predicted molar refractivity (Wildman–Crippen MR) is 75.8 cm³/mol. The molecule has 0 spiro atoms. The normalized spacial score (nSPS) is 9.63. The van der Waals surface area contributed by atoms with E-state index in [1.165, 1.54) is 4.88 Å². The number of carboxylic acid groups (broad SMARTS) is 1. The largest absolute Gasteiger partial charge is 0.478 e. The number of hydrogen-bond acceptors (Lipinski definition) is 4. The molecule has 0 aliphatic rings. The summed E-state index contributed by atoms with van der Waals surface area (Å²) in [6.45, 7) is 4.11. The van der Waals surface area contributed by atoms with Crippen molar-refractivity contribution in [2.24, 2.45) is 0 Å². The maximum absolute atomic E-state index is 10.3. The second kappa shape index (κ2) is 7.66. The van der Waals surface area contributed by atoms with Crippen molar-refractivity contribution in [2.45, 2.75) is 20.3 Å². The smallest absolute Gasteiger partial charge is 0.335 e. The maximum Gasteiger partial charge on any atom is 0.335 e. The lowest BCUT2D eigenvalue weighted by atomic mass is 10.2. The van der Waals surface area contributed by atoms with Gasteiger partial charge in [-0.2, -0.15) is 0 Å². The molecule has 5 heteroatoms. The Kier molecular flexibility index (Phi) is 6.18. The van der Waals surface area contributed by atoms with E-state index in [2.05, 4.69) is 4.98 Å². The lowest BCUT2D eigenvalue weighted by molar-refractivity contribution is 0.0697. The molecule has 0 aliphatic carbocycles. The van der Waals surface area contributed by atoms with E-state index in [1.54, 1.807) is 41.1 Å². The summed E-state index contributed by atoms with van der Waals surface area (Å²) in [5.41, 5.74) is 4.27. The zero-order valence-corrected chi connectivity index (χ0v) is 11.8. The van der Waals surface area contributed by atoms with Crippen molar-refractivity contribution in [1.82, 2.24) is 4.98 Å². The topological polar surface area (TPSA) is 70.4 Å². The van der Waals surface area contributed by atoms with Crippen LogP contribution in [0, 0.1) is 13.8 Å². The van der Waals surface area contributed by atoms with Crippen molar-refractivity contribution in [3.8, 4) is 0 Å². The van der Waals surface area contributed by atoms with Gasteiger partial charge in [-0.15, -0.1) is 11.3 Å². The highest BCUT2D eigenvalue weighted by Crippen LogP contribution is 2.11. The van der Waals surface area contributed by atoms with Crippen LogP contribution in [0.2, 0.25) is 0 Å². The first-order chi connectivity index (χ1) is 9.04. The fourth-order valence-corrected chi connectivity index (χ4v) is 2.13. The standard InChI is InChI=1S/C8H8O2.C6H9NOS/c1-6-2-4-7(5-3-6)8(9)10;1-5-6(2-3-8)9-4-7-5/h2-5H,1H3,(H,9,10);4,8H,2-3H2,1H3. The first-order valence-corrected chi connectivity index (χ1v) is 6.72. The van der Waals surface area contributed by atoms with Crippen LogP contribution in [0.5, 0.6) is 0 Å². The van der Waals surface area contributed by atoms with Crippen LogP contribution in [0.3, 0.4) is 0 Å². The monoisotopic (exact) mass is 279 g/mol. The minimum Gasteiger partial charge on any atom is -0.478 e. The molecular weight excluding hydrogens is 262 g/mol. The Morgan fingerprint density at radius 1 is 1.26 bits per heavy atom. The van der Waals surface area contributed by atoms with Crippen LogP contribution in [-0.2, 0) is 6.42 Å². The number of thiazole rings is 1. The van der Waals surface area contributed by atoms with Crippen molar-refractivity contribution in [2.75, 3.05) is 6.61 Å². The molecule has 2 N–H and O–H groups in total. The van der Waals surface area contributed by atoms with Crippen molar-refractivity contribution in [3.63, 3.8) is 0 Å². The van der Waals surface area contributed by atoms with E-state index in [-0.39, 0.29) is 6.61 Å². The van der Waals surface area contributed by atoms with Crippen molar-refractivity contribution >= 4 is 17.3 Å². The van der Waals surface area contributed by atoms with Gasteiger partial charge < -0.3 is 10.2 Å². The van der Waals surface area contributed by atoms with Crippen molar-refractivity contribution < 1.29 is 15.0 Å². The average molecular weight is 279 g/mol. The average Bonchev–Trinajstić information content (AvgIpc) is 2.77. The van der Waals surface area contributed by atoms with E-state index in [0.717, 1.165) is 17.7 Å². The van der Waals surface area contributed by atoms with Crippen LogP contribution >= 0.6 is 11.3 Å². The summed E-state index contributed by atoms with van der Waals surface area (Å²) in [6.07, 6.45) is 0.747. The third-order valence-electron chi connectivity index (χ3n) is 2.48. The fourth-order valence-electron chi connectivity index (χ4n) is 1.36. The van der Waals surface area contributed by atoms with E-state index in [9.17, 15) is 4.79 Å². The molecule has 0 atom stereocenters. The summed E-state index contributed by atoms with van der Waals surface area (Å²) < 4.78 is 0. The highest BCUT2D eigenvalue weighted by atomic mass is 32.1. The number of aliphatic hydroxyl groups is 1. The summed E-state index contributed by atoms with van der Waals surface area (Å²) in [4.78, 5) is 15.5. The Hall–Kier alpha value is -1.72. The first-order valence-electron chi connectivity index (χ1n) is 5.84. The second-order valence-electron chi connectivity index (χ2n) is 4.01. The van der Waals surface area contributed by atoms with Crippen molar-refractivity contribution in [3.05, 3.63) is 51.5 Å². The van der Waals surface area contributed by atoms with Gasteiger partial charge >= 0.3 is 5.97 Å². The zero-order valence-electron chi connectivity index (χ0n) is 11.0. The molecular formula is C14H17NO3S. The van der Waals surface area contributed by atoms with Gasteiger partial charge in [-0.25, -0.2) is 9.78 Å². The van der Waals surface area contributed by atoms with Gasteiger partial charge in [-0.05, 0) is 26.0 Å². The minimum atomic E-state index is -0.875. The maximum atomic E-state index is 10.3. The van der Waals surface area contributed by atoms with Crippen LogP contribution in [0.15, 0.2) is 29.8 Å². The molecule has 0 amide bonds. The molecule has 0 unspecified atom stereocenters. The van der Waals surface area contributed by atoms with Gasteiger partial charge in [0.15, 0.2) is 0 Å². The number of benzene rings is 1. The third kappa shape index (κ3) is 5.19. The lowest BCUT2D eigenvalue weighted by Gasteiger charge is -1.92. The molecule has 1 aromatic carbocycles. The lowest BCUT2D eigenvalue weighted by Crippen LogP contribution is -1.94. The van der Waals surface area contributed by atoms with Crippen LogP contribution in [0.25, 0.3) is 0 Å². The van der Waals surface area contributed by atoms with Crippen molar-refractivity contribution in [1.29, 1.82) is 0 Å². The minimum absolute atomic E-state index is 0.225. The second-order valence-corrected chi connectivity index (χ2v) is 4.95. The predicted octanol–water partition coefficient (Wildman–Crippen LogP) is 2.68. The number of nitrogens with zero attached hydrogens (tertiary/aromatic N) is 1. The number of rotatable bonds is 3. The van der Waals surface area contributed by atoms with Gasteiger partial charge in [0.25, 0.3) is 0 Å². The molecule has 1 aromatic heterocycles. The SMILES string of the molecule is Cc1ccc(C(=O)O)cc1.Cc1ncsc1CCO. The zero-order chi connectivity index (χ0) is 14.3. The molecule has 2 aromatic rings. The first kappa shape index (κ1) is 15.3. The molecule has 102 valence electrons. The summed E-state index contributed by atoms with van der Waals surface area (Å²) in [5, 5.41) is 17.0. The Morgan fingerprint density at radius 2 is 1.89 bits per heavy atom. The van der Waals surface area contributed by atoms with Crippen LogP contribution in [-0.4, -0.2) is 27.8 Å². The van der Waals surface area contributed by atoms with E-state index >= 15 is 0 Å². The molecule has 0 radical (unpaired) electrons. The third-order valence-corrected chi connectivity index (χ3v) is 3.48. The van der Waals surface area contributed by atoms with Gasteiger partial charge in [0.2, 0.25) is 0 Å². The number of aromatic carboxylic acids is 1. The molecule has 1 heterocycles. The Morgan fingerprint density at radius 3 is 2.32 bits per heavy atom. The van der Waals surface area contributed by atoms with Gasteiger partial charge in [0.1, 0.15) is 0 Å². The Balaban J connectivity index is 0.000000191. The molecule has 4 nitrogen and oxygen atoms in total.